The van der Waals surface area contributed by atoms with Crippen LogP contribution in [0.2, 0.25) is 0 Å². The van der Waals surface area contributed by atoms with Crippen LogP contribution in [0.3, 0.4) is 0 Å². The zero-order valence-corrected chi connectivity index (χ0v) is 11.3. The van der Waals surface area contributed by atoms with Crippen molar-refractivity contribution >= 4 is 17.5 Å². The van der Waals surface area contributed by atoms with E-state index < -0.39 is 5.41 Å². The fraction of sp³-hybridized carbons (Fsp3) is 0.357. The van der Waals surface area contributed by atoms with Crippen LogP contribution >= 0.6 is 0 Å². The highest BCUT2D eigenvalue weighted by atomic mass is 16.2. The number of benzene rings is 1. The Morgan fingerprint density at radius 2 is 2.00 bits per heavy atom. The number of anilines is 1. The Morgan fingerprint density at radius 3 is 2.58 bits per heavy atom. The molecular formula is C14H17N3O2. The smallest absolute Gasteiger partial charge is 0.243 e. The van der Waals surface area contributed by atoms with Gasteiger partial charge >= 0.3 is 0 Å². The Kier molecular flexibility index (Phi) is 4.65. The molecule has 1 rings (SSSR count). The van der Waals surface area contributed by atoms with Crippen LogP contribution in [-0.2, 0) is 9.59 Å². The average Bonchev–Trinajstić information content (AvgIpc) is 2.35. The minimum absolute atomic E-state index is 0.0904. The number of hydrogen-bond donors (Lipinski definition) is 2. The number of rotatable bonds is 3. The zero-order chi connectivity index (χ0) is 14.5. The minimum Gasteiger partial charge on any atom is -0.347 e. The number of nitriles is 1. The third-order valence-electron chi connectivity index (χ3n) is 2.37. The van der Waals surface area contributed by atoms with Gasteiger partial charge in [0.2, 0.25) is 11.8 Å². The SMILES string of the molecule is CC(C)(C)C(=O)NCC(=O)Nc1cccc(C#N)c1. The maximum Gasteiger partial charge on any atom is 0.243 e. The van der Waals surface area contributed by atoms with Crippen LogP contribution in [0.25, 0.3) is 0 Å². The Bertz CT molecular complexity index is 524. The second-order valence-corrected chi connectivity index (χ2v) is 5.17. The van der Waals surface area contributed by atoms with Crippen LogP contribution in [-0.4, -0.2) is 18.4 Å². The molecule has 0 radical (unpaired) electrons. The van der Waals surface area contributed by atoms with E-state index in [0.717, 1.165) is 0 Å². The predicted molar refractivity (Wildman–Crippen MR) is 72.3 cm³/mol. The van der Waals surface area contributed by atoms with Gasteiger partial charge in [0.15, 0.2) is 0 Å². The molecule has 2 amide bonds. The lowest BCUT2D eigenvalue weighted by Gasteiger charge is -2.17. The Labute approximate surface area is 112 Å². The summed E-state index contributed by atoms with van der Waals surface area (Å²) in [4.78, 5) is 23.2. The van der Waals surface area contributed by atoms with Crippen molar-refractivity contribution < 1.29 is 9.59 Å². The Balaban J connectivity index is 2.52. The molecule has 0 unspecified atom stereocenters. The summed E-state index contributed by atoms with van der Waals surface area (Å²) in [5, 5.41) is 13.9. The number of nitrogens with one attached hydrogen (secondary N) is 2. The molecule has 5 heteroatoms. The van der Waals surface area contributed by atoms with E-state index in [1.165, 1.54) is 0 Å². The van der Waals surface area contributed by atoms with Crippen molar-refractivity contribution in [2.24, 2.45) is 5.41 Å². The van der Waals surface area contributed by atoms with E-state index in [0.29, 0.717) is 11.3 Å². The van der Waals surface area contributed by atoms with Crippen molar-refractivity contribution in [3.8, 4) is 6.07 Å². The molecule has 0 aliphatic rings. The highest BCUT2D eigenvalue weighted by molar-refractivity contribution is 5.95. The van der Waals surface area contributed by atoms with Gasteiger partial charge in [0.25, 0.3) is 0 Å². The van der Waals surface area contributed by atoms with Crippen LogP contribution < -0.4 is 10.6 Å². The van der Waals surface area contributed by atoms with Crippen molar-refractivity contribution in [2.75, 3.05) is 11.9 Å². The fourth-order valence-corrected chi connectivity index (χ4v) is 1.30. The standard InChI is InChI=1S/C14H17N3O2/c1-14(2,3)13(19)16-9-12(18)17-11-6-4-5-10(7-11)8-15/h4-7H,9H2,1-3H3,(H,16,19)(H,17,18). The van der Waals surface area contributed by atoms with Crippen molar-refractivity contribution in [2.45, 2.75) is 20.8 Å². The highest BCUT2D eigenvalue weighted by Crippen LogP contribution is 2.12. The minimum atomic E-state index is -0.527. The van der Waals surface area contributed by atoms with Gasteiger partial charge in [0, 0.05) is 11.1 Å². The normalized spacial score (nSPS) is 10.4. The van der Waals surface area contributed by atoms with Gasteiger partial charge < -0.3 is 10.6 Å². The zero-order valence-electron chi connectivity index (χ0n) is 11.3. The predicted octanol–water partition coefficient (Wildman–Crippen LogP) is 1.66. The number of carbonyl (C=O) groups is 2. The summed E-state index contributed by atoms with van der Waals surface area (Å²) in [6, 6.07) is 8.58. The molecule has 0 atom stereocenters. The molecule has 0 aliphatic carbocycles. The van der Waals surface area contributed by atoms with Crippen LogP contribution in [0.5, 0.6) is 0 Å². The summed E-state index contributed by atoms with van der Waals surface area (Å²) in [5.74, 6) is -0.513. The molecule has 0 bridgehead atoms. The van der Waals surface area contributed by atoms with E-state index in [9.17, 15) is 9.59 Å². The number of amides is 2. The number of nitrogens with zero attached hydrogens (tertiary/aromatic N) is 1. The first kappa shape index (κ1) is 14.7. The molecule has 2 N–H and O–H groups in total. The molecule has 5 nitrogen and oxygen atoms in total. The van der Waals surface area contributed by atoms with Crippen molar-refractivity contribution in [1.29, 1.82) is 5.26 Å². The van der Waals surface area contributed by atoms with Crippen LogP contribution in [0.1, 0.15) is 26.3 Å². The summed E-state index contributed by atoms with van der Waals surface area (Å²) < 4.78 is 0. The largest absolute Gasteiger partial charge is 0.347 e. The van der Waals surface area contributed by atoms with Gasteiger partial charge in [0.1, 0.15) is 0 Å². The summed E-state index contributed by atoms with van der Waals surface area (Å²) in [6.07, 6.45) is 0. The van der Waals surface area contributed by atoms with Crippen molar-refractivity contribution in [3.05, 3.63) is 29.8 Å². The van der Waals surface area contributed by atoms with E-state index in [1.54, 1.807) is 45.0 Å². The molecule has 0 heterocycles. The van der Waals surface area contributed by atoms with Crippen molar-refractivity contribution in [3.63, 3.8) is 0 Å². The van der Waals surface area contributed by atoms with E-state index in [-0.39, 0.29) is 18.4 Å². The van der Waals surface area contributed by atoms with Gasteiger partial charge in [-0.05, 0) is 18.2 Å². The topological polar surface area (TPSA) is 82.0 Å². The summed E-state index contributed by atoms with van der Waals surface area (Å²) >= 11 is 0. The van der Waals surface area contributed by atoms with Crippen LogP contribution in [0, 0.1) is 16.7 Å². The van der Waals surface area contributed by atoms with Gasteiger partial charge in [-0.25, -0.2) is 0 Å². The summed E-state index contributed by atoms with van der Waals surface area (Å²) in [7, 11) is 0. The molecule has 1 aromatic carbocycles. The molecule has 0 saturated carbocycles. The quantitative estimate of drug-likeness (QED) is 0.866. The Morgan fingerprint density at radius 1 is 1.32 bits per heavy atom. The van der Waals surface area contributed by atoms with Gasteiger partial charge in [-0.3, -0.25) is 9.59 Å². The van der Waals surface area contributed by atoms with E-state index in [1.807, 2.05) is 6.07 Å². The number of carbonyl (C=O) groups excluding carboxylic acids is 2. The molecule has 100 valence electrons. The molecule has 0 saturated heterocycles. The molecule has 1 aromatic rings. The van der Waals surface area contributed by atoms with E-state index in [4.69, 9.17) is 5.26 Å². The maximum atomic E-state index is 11.6. The summed E-state index contributed by atoms with van der Waals surface area (Å²) in [5.41, 5.74) is 0.478. The first-order valence-electron chi connectivity index (χ1n) is 5.91. The van der Waals surface area contributed by atoms with Gasteiger partial charge in [-0.1, -0.05) is 26.8 Å². The molecule has 0 spiro atoms. The molecule has 0 fully saturated rings. The fourth-order valence-electron chi connectivity index (χ4n) is 1.30. The van der Waals surface area contributed by atoms with Crippen LogP contribution in [0.15, 0.2) is 24.3 Å². The Hall–Kier alpha value is -2.35. The lowest BCUT2D eigenvalue weighted by Crippen LogP contribution is -2.39. The number of hydrogen-bond acceptors (Lipinski definition) is 3. The molecular weight excluding hydrogens is 242 g/mol. The first-order chi connectivity index (χ1) is 8.82. The van der Waals surface area contributed by atoms with Crippen molar-refractivity contribution in [1.82, 2.24) is 5.32 Å². The van der Waals surface area contributed by atoms with E-state index >= 15 is 0 Å². The molecule has 19 heavy (non-hydrogen) atoms. The summed E-state index contributed by atoms with van der Waals surface area (Å²) in [6.45, 7) is 5.23. The van der Waals surface area contributed by atoms with Gasteiger partial charge in [-0.2, -0.15) is 5.26 Å². The van der Waals surface area contributed by atoms with Crippen LogP contribution in [0.4, 0.5) is 5.69 Å². The second kappa shape index (κ2) is 6.01. The monoisotopic (exact) mass is 259 g/mol. The second-order valence-electron chi connectivity index (χ2n) is 5.17. The van der Waals surface area contributed by atoms with Gasteiger partial charge in [0.05, 0.1) is 18.2 Å². The lowest BCUT2D eigenvalue weighted by atomic mass is 9.96. The maximum absolute atomic E-state index is 11.6. The molecule has 0 aromatic heterocycles. The average molecular weight is 259 g/mol. The first-order valence-corrected chi connectivity index (χ1v) is 5.91. The lowest BCUT2D eigenvalue weighted by molar-refractivity contribution is -0.130. The molecule has 0 aliphatic heterocycles. The highest BCUT2D eigenvalue weighted by Gasteiger charge is 2.21. The third-order valence-corrected chi connectivity index (χ3v) is 2.37. The van der Waals surface area contributed by atoms with Gasteiger partial charge in [-0.15, -0.1) is 0 Å². The van der Waals surface area contributed by atoms with E-state index in [2.05, 4.69) is 10.6 Å². The third kappa shape index (κ3) is 4.80.